The molecule has 68 valence electrons. The number of furan rings is 1. The van der Waals surface area contributed by atoms with E-state index in [4.69, 9.17) is 9.52 Å². The summed E-state index contributed by atoms with van der Waals surface area (Å²) >= 11 is 0. The average Bonchev–Trinajstić information content (AvgIpc) is 2.56. The first-order valence-electron chi connectivity index (χ1n) is 3.42. The number of hydrogen-bond donors (Lipinski definition) is 2. The molecule has 5 heteroatoms. The highest BCUT2D eigenvalue weighted by molar-refractivity contribution is 5.93. The Bertz CT molecular complexity index is 326. The van der Waals surface area contributed by atoms with Crippen LogP contribution in [0.15, 0.2) is 28.5 Å². The minimum Gasteiger partial charge on any atom is -0.477 e. The van der Waals surface area contributed by atoms with Gasteiger partial charge in [-0.3, -0.25) is 4.79 Å². The van der Waals surface area contributed by atoms with Crippen molar-refractivity contribution in [2.24, 2.45) is 0 Å². The molecule has 1 rings (SSSR count). The minimum absolute atomic E-state index is 0.232. The number of carboxylic acid groups (broad SMARTS) is 1. The molecular formula is C8H7NO4. The van der Waals surface area contributed by atoms with Crippen molar-refractivity contribution in [3.63, 3.8) is 0 Å². The van der Waals surface area contributed by atoms with Crippen molar-refractivity contribution in [3.8, 4) is 0 Å². The molecule has 0 fully saturated rings. The summed E-state index contributed by atoms with van der Waals surface area (Å²) in [4.78, 5) is 20.5. The molecule has 0 aliphatic rings. The van der Waals surface area contributed by atoms with E-state index in [0.29, 0.717) is 12.2 Å². The summed E-state index contributed by atoms with van der Waals surface area (Å²) in [5, 5.41) is 10.6. The number of amides is 1. The maximum Gasteiger partial charge on any atom is 0.352 e. The van der Waals surface area contributed by atoms with Crippen molar-refractivity contribution in [1.29, 1.82) is 0 Å². The van der Waals surface area contributed by atoms with Crippen LogP contribution in [0.3, 0.4) is 0 Å². The number of carbonyl (C=O) groups excluding carboxylic acids is 1. The summed E-state index contributed by atoms with van der Waals surface area (Å²) in [5.74, 6) is -0.852. The lowest BCUT2D eigenvalue weighted by molar-refractivity contribution is -0.133. The van der Waals surface area contributed by atoms with Crippen molar-refractivity contribution in [2.45, 2.75) is 0 Å². The molecule has 0 aromatic carbocycles. The topological polar surface area (TPSA) is 79.5 Å². The van der Waals surface area contributed by atoms with Gasteiger partial charge in [-0.2, -0.15) is 0 Å². The average molecular weight is 181 g/mol. The Hall–Kier alpha value is -2.04. The fourth-order valence-corrected chi connectivity index (χ4v) is 0.744. The van der Waals surface area contributed by atoms with Gasteiger partial charge in [0.05, 0.1) is 6.26 Å². The fraction of sp³-hybridized carbons (Fsp3) is 0. The Morgan fingerprint density at radius 3 is 2.85 bits per heavy atom. The Morgan fingerprint density at radius 1 is 1.62 bits per heavy atom. The molecule has 0 unspecified atom stereocenters. The lowest BCUT2D eigenvalue weighted by Crippen LogP contribution is -2.17. The maximum absolute atomic E-state index is 10.5. The van der Waals surface area contributed by atoms with Crippen LogP contribution in [-0.4, -0.2) is 17.5 Å². The second kappa shape index (κ2) is 4.10. The molecule has 0 spiro atoms. The van der Waals surface area contributed by atoms with Gasteiger partial charge >= 0.3 is 5.97 Å². The predicted molar refractivity (Wildman–Crippen MR) is 43.5 cm³/mol. The van der Waals surface area contributed by atoms with Crippen LogP contribution in [0, 0.1) is 0 Å². The minimum atomic E-state index is -1.22. The van der Waals surface area contributed by atoms with Gasteiger partial charge < -0.3 is 14.8 Å². The van der Waals surface area contributed by atoms with E-state index in [1.54, 1.807) is 12.1 Å². The maximum atomic E-state index is 10.5. The van der Waals surface area contributed by atoms with E-state index < -0.39 is 5.97 Å². The molecule has 0 radical (unpaired) electrons. The Balaban J connectivity index is 2.86. The lowest BCUT2D eigenvalue weighted by Gasteiger charge is -1.96. The summed E-state index contributed by atoms with van der Waals surface area (Å²) in [6.07, 6.45) is 2.92. The van der Waals surface area contributed by atoms with E-state index in [9.17, 15) is 9.59 Å². The van der Waals surface area contributed by atoms with Crippen LogP contribution in [0.2, 0.25) is 0 Å². The largest absolute Gasteiger partial charge is 0.477 e. The van der Waals surface area contributed by atoms with Gasteiger partial charge in [-0.15, -0.1) is 0 Å². The standard InChI is InChI=1S/C8H7NO4/c10-5-9-7(8(11)12)4-6-2-1-3-13-6/h1-5H,(H,9,10)(H,11,12). The van der Waals surface area contributed by atoms with Crippen LogP contribution in [0.1, 0.15) is 5.76 Å². The van der Waals surface area contributed by atoms with Crippen molar-refractivity contribution in [2.75, 3.05) is 0 Å². The number of aliphatic carboxylic acids is 1. The normalized spacial score (nSPS) is 10.9. The highest BCUT2D eigenvalue weighted by atomic mass is 16.4. The summed E-state index contributed by atoms with van der Waals surface area (Å²) in [7, 11) is 0. The third-order valence-corrected chi connectivity index (χ3v) is 1.27. The van der Waals surface area contributed by atoms with Crippen LogP contribution in [0.25, 0.3) is 6.08 Å². The molecule has 0 aliphatic carbocycles. The van der Waals surface area contributed by atoms with Gasteiger partial charge in [0, 0.05) is 6.08 Å². The second-order valence-corrected chi connectivity index (χ2v) is 2.14. The van der Waals surface area contributed by atoms with Crippen LogP contribution in [0.5, 0.6) is 0 Å². The van der Waals surface area contributed by atoms with Crippen molar-refractivity contribution in [1.82, 2.24) is 5.32 Å². The molecule has 0 saturated heterocycles. The molecule has 2 N–H and O–H groups in total. The summed E-state index contributed by atoms with van der Waals surface area (Å²) in [6.45, 7) is 0. The molecular weight excluding hydrogens is 174 g/mol. The molecule has 0 saturated carbocycles. The zero-order valence-electron chi connectivity index (χ0n) is 6.56. The van der Waals surface area contributed by atoms with E-state index in [1.165, 1.54) is 12.3 Å². The molecule has 0 aliphatic heterocycles. The zero-order valence-corrected chi connectivity index (χ0v) is 6.56. The molecule has 1 heterocycles. The van der Waals surface area contributed by atoms with Crippen LogP contribution < -0.4 is 5.32 Å². The van der Waals surface area contributed by atoms with Gasteiger partial charge in [0.25, 0.3) is 0 Å². The number of carboxylic acids is 1. The molecule has 5 nitrogen and oxygen atoms in total. The first kappa shape index (κ1) is 9.05. The number of hydrogen-bond acceptors (Lipinski definition) is 3. The van der Waals surface area contributed by atoms with Crippen LogP contribution in [-0.2, 0) is 9.59 Å². The fourth-order valence-electron chi connectivity index (χ4n) is 0.744. The third kappa shape index (κ3) is 2.48. The highest BCUT2D eigenvalue weighted by Crippen LogP contribution is 2.05. The molecule has 1 aromatic rings. The highest BCUT2D eigenvalue weighted by Gasteiger charge is 2.06. The van der Waals surface area contributed by atoms with E-state index in [2.05, 4.69) is 0 Å². The number of rotatable bonds is 4. The van der Waals surface area contributed by atoms with E-state index in [0.717, 1.165) is 0 Å². The van der Waals surface area contributed by atoms with E-state index in [1.807, 2.05) is 5.32 Å². The SMILES string of the molecule is O=CNC(=Cc1ccco1)C(=O)O. The molecule has 0 atom stereocenters. The lowest BCUT2D eigenvalue weighted by atomic mass is 10.3. The quantitative estimate of drug-likeness (QED) is 0.522. The predicted octanol–water partition coefficient (Wildman–Crippen LogP) is 0.451. The summed E-state index contributed by atoms with van der Waals surface area (Å²) in [6, 6.07) is 3.20. The van der Waals surface area contributed by atoms with E-state index >= 15 is 0 Å². The Morgan fingerprint density at radius 2 is 2.38 bits per heavy atom. The first-order chi connectivity index (χ1) is 6.24. The molecule has 13 heavy (non-hydrogen) atoms. The van der Waals surface area contributed by atoms with Gasteiger partial charge in [-0.1, -0.05) is 0 Å². The van der Waals surface area contributed by atoms with Gasteiger partial charge in [-0.05, 0) is 12.1 Å². The second-order valence-electron chi connectivity index (χ2n) is 2.14. The van der Waals surface area contributed by atoms with Crippen molar-refractivity contribution >= 4 is 18.5 Å². The van der Waals surface area contributed by atoms with Gasteiger partial charge in [0.15, 0.2) is 0 Å². The summed E-state index contributed by atoms with van der Waals surface area (Å²) in [5.41, 5.74) is -0.232. The molecule has 0 bridgehead atoms. The number of nitrogens with one attached hydrogen (secondary N) is 1. The van der Waals surface area contributed by atoms with Crippen LogP contribution in [0.4, 0.5) is 0 Å². The van der Waals surface area contributed by atoms with Crippen LogP contribution >= 0.6 is 0 Å². The monoisotopic (exact) mass is 181 g/mol. The van der Waals surface area contributed by atoms with Gasteiger partial charge in [0.1, 0.15) is 11.5 Å². The zero-order chi connectivity index (χ0) is 9.68. The molecule has 1 amide bonds. The molecule has 1 aromatic heterocycles. The first-order valence-corrected chi connectivity index (χ1v) is 3.42. The Kier molecular flexibility index (Phi) is 2.86. The smallest absolute Gasteiger partial charge is 0.352 e. The van der Waals surface area contributed by atoms with Crippen molar-refractivity contribution < 1.29 is 19.1 Å². The van der Waals surface area contributed by atoms with Crippen molar-refractivity contribution in [3.05, 3.63) is 29.9 Å². The third-order valence-electron chi connectivity index (χ3n) is 1.27. The summed E-state index contributed by atoms with van der Waals surface area (Å²) < 4.78 is 4.86. The van der Waals surface area contributed by atoms with Gasteiger partial charge in [0.2, 0.25) is 6.41 Å². The van der Waals surface area contributed by atoms with E-state index in [-0.39, 0.29) is 5.70 Å². The van der Waals surface area contributed by atoms with Gasteiger partial charge in [-0.25, -0.2) is 4.79 Å². The number of carbonyl (C=O) groups is 2. The Labute approximate surface area is 73.7 Å².